The fraction of sp³-hybridized carbons (Fsp3) is 0.346. The number of amides is 1. The van der Waals surface area contributed by atoms with E-state index in [0.29, 0.717) is 30.2 Å². The monoisotopic (exact) mass is 447 g/mol. The summed E-state index contributed by atoms with van der Waals surface area (Å²) >= 11 is 0. The number of carbonyl (C=O) groups is 2. The van der Waals surface area contributed by atoms with Crippen LogP contribution in [-0.2, 0) is 16.2 Å². The van der Waals surface area contributed by atoms with Gasteiger partial charge in [-0.1, -0.05) is 50.6 Å². The Morgan fingerprint density at radius 1 is 1.18 bits per heavy atom. The number of benzene rings is 2. The molecule has 0 aliphatic carbocycles. The average molecular weight is 448 g/mol. The number of hydrogen-bond acceptors (Lipinski definition) is 5. The van der Waals surface area contributed by atoms with Crippen LogP contribution in [0.5, 0.6) is 5.75 Å². The van der Waals surface area contributed by atoms with Crippen LogP contribution in [0.4, 0.5) is 0 Å². The van der Waals surface area contributed by atoms with Gasteiger partial charge >= 0.3 is 5.97 Å². The van der Waals surface area contributed by atoms with Crippen LogP contribution in [0.15, 0.2) is 65.3 Å². The number of carboxylic acids is 1. The van der Waals surface area contributed by atoms with Crippen LogP contribution >= 0.6 is 0 Å². The molecular weight excluding hydrogens is 418 g/mol. The SMILES string of the molecule is CCC(C)CCC1=C(c2ccc(OCc3ccccc3)cc2)NC2C(C(=O)O)C=NN2C1=O. The Balaban J connectivity index is 1.58. The Hall–Kier alpha value is -3.61. The second-order valence-corrected chi connectivity index (χ2v) is 8.57. The van der Waals surface area contributed by atoms with E-state index in [1.807, 2.05) is 54.6 Å². The maximum absolute atomic E-state index is 13.3. The van der Waals surface area contributed by atoms with Gasteiger partial charge in [0.2, 0.25) is 0 Å². The van der Waals surface area contributed by atoms with E-state index in [1.165, 1.54) is 11.2 Å². The van der Waals surface area contributed by atoms with Crippen LogP contribution in [0.2, 0.25) is 0 Å². The van der Waals surface area contributed by atoms with Crippen molar-refractivity contribution in [3.63, 3.8) is 0 Å². The molecule has 2 aromatic rings. The summed E-state index contributed by atoms with van der Waals surface area (Å²) in [6, 6.07) is 17.5. The number of hydrazone groups is 1. The van der Waals surface area contributed by atoms with Crippen molar-refractivity contribution in [1.29, 1.82) is 0 Å². The van der Waals surface area contributed by atoms with E-state index in [4.69, 9.17) is 4.74 Å². The summed E-state index contributed by atoms with van der Waals surface area (Å²) in [6.07, 6.45) is 3.09. The normalized spacial score (nSPS) is 20.4. The Labute approximate surface area is 193 Å². The number of nitrogens with zero attached hydrogens (tertiary/aromatic N) is 2. The maximum atomic E-state index is 13.3. The van der Waals surface area contributed by atoms with Gasteiger partial charge in [0, 0.05) is 11.8 Å². The number of rotatable bonds is 9. The fourth-order valence-electron chi connectivity index (χ4n) is 4.00. The molecule has 3 atom stereocenters. The first-order valence-electron chi connectivity index (χ1n) is 11.3. The molecule has 2 aliphatic heterocycles. The highest BCUT2D eigenvalue weighted by atomic mass is 16.5. The van der Waals surface area contributed by atoms with Gasteiger partial charge < -0.3 is 15.2 Å². The molecule has 7 heteroatoms. The summed E-state index contributed by atoms with van der Waals surface area (Å²) < 4.78 is 5.88. The Morgan fingerprint density at radius 2 is 1.91 bits per heavy atom. The van der Waals surface area contributed by atoms with Crippen molar-refractivity contribution < 1.29 is 19.4 Å². The highest BCUT2D eigenvalue weighted by molar-refractivity contribution is 6.05. The smallest absolute Gasteiger partial charge is 0.316 e. The zero-order chi connectivity index (χ0) is 23.4. The lowest BCUT2D eigenvalue weighted by Gasteiger charge is -2.34. The van der Waals surface area contributed by atoms with E-state index >= 15 is 0 Å². The molecule has 4 rings (SSSR count). The quantitative estimate of drug-likeness (QED) is 0.599. The number of ether oxygens (including phenoxy) is 1. The first-order valence-corrected chi connectivity index (χ1v) is 11.3. The number of hydrogen-bond donors (Lipinski definition) is 2. The molecule has 0 spiro atoms. The van der Waals surface area contributed by atoms with Gasteiger partial charge in [-0.15, -0.1) is 0 Å². The van der Waals surface area contributed by atoms with Gasteiger partial charge in [-0.05, 0) is 54.2 Å². The third kappa shape index (κ3) is 4.92. The summed E-state index contributed by atoms with van der Waals surface area (Å²) in [5.41, 5.74) is 3.21. The predicted molar refractivity (Wildman–Crippen MR) is 126 cm³/mol. The number of fused-ring (bicyclic) bond motifs is 1. The molecule has 172 valence electrons. The first-order chi connectivity index (χ1) is 16.0. The molecule has 2 aliphatic rings. The standard InChI is InChI=1S/C26H29N3O4/c1-3-17(2)9-14-21-23(28-24-22(26(31)32)15-27-29(24)25(21)30)19-10-12-20(13-11-19)33-16-18-7-5-4-6-8-18/h4-8,10-13,15,17,22,24,28H,3,9,14,16H2,1-2H3,(H,31,32). The molecule has 33 heavy (non-hydrogen) atoms. The van der Waals surface area contributed by atoms with Crippen molar-refractivity contribution in [3.8, 4) is 5.75 Å². The molecule has 2 aromatic carbocycles. The minimum atomic E-state index is -1.02. The Morgan fingerprint density at radius 3 is 2.58 bits per heavy atom. The summed E-state index contributed by atoms with van der Waals surface area (Å²) in [5.74, 6) is -0.943. The van der Waals surface area contributed by atoms with E-state index in [9.17, 15) is 14.7 Å². The molecule has 1 amide bonds. The molecule has 2 N–H and O–H groups in total. The number of carbonyl (C=O) groups excluding carboxylic acids is 1. The molecule has 0 aromatic heterocycles. The lowest BCUT2D eigenvalue weighted by atomic mass is 9.93. The molecule has 0 radical (unpaired) electrons. The minimum absolute atomic E-state index is 0.235. The van der Waals surface area contributed by atoms with E-state index < -0.39 is 18.1 Å². The minimum Gasteiger partial charge on any atom is -0.489 e. The number of nitrogens with one attached hydrogen (secondary N) is 1. The van der Waals surface area contributed by atoms with Crippen molar-refractivity contribution in [2.24, 2.45) is 16.9 Å². The highest BCUT2D eigenvalue weighted by Crippen LogP contribution is 2.33. The van der Waals surface area contributed by atoms with Crippen LogP contribution < -0.4 is 10.1 Å². The van der Waals surface area contributed by atoms with Crippen molar-refractivity contribution in [3.05, 3.63) is 71.3 Å². The summed E-state index contributed by atoms with van der Waals surface area (Å²) in [6.45, 7) is 4.76. The molecule has 3 unspecified atom stereocenters. The fourth-order valence-corrected chi connectivity index (χ4v) is 4.00. The molecule has 0 saturated carbocycles. The Kier molecular flexibility index (Phi) is 6.77. The number of aliphatic carboxylic acids is 1. The second kappa shape index (κ2) is 9.90. The summed E-state index contributed by atoms with van der Waals surface area (Å²) in [7, 11) is 0. The van der Waals surface area contributed by atoms with Crippen LogP contribution in [0.3, 0.4) is 0 Å². The van der Waals surface area contributed by atoms with Gasteiger partial charge in [-0.2, -0.15) is 5.10 Å². The largest absolute Gasteiger partial charge is 0.489 e. The highest BCUT2D eigenvalue weighted by Gasteiger charge is 2.44. The third-order valence-corrected chi connectivity index (χ3v) is 6.28. The first kappa shape index (κ1) is 22.6. The molecule has 2 heterocycles. The van der Waals surface area contributed by atoms with Crippen LogP contribution in [0.1, 0.15) is 44.2 Å². The zero-order valence-corrected chi connectivity index (χ0v) is 18.9. The van der Waals surface area contributed by atoms with Gasteiger partial charge in [-0.3, -0.25) is 9.59 Å². The lowest BCUT2D eigenvalue weighted by Crippen LogP contribution is -2.52. The lowest BCUT2D eigenvalue weighted by molar-refractivity contribution is -0.142. The van der Waals surface area contributed by atoms with Gasteiger partial charge in [0.15, 0.2) is 0 Å². The van der Waals surface area contributed by atoms with Gasteiger partial charge in [0.1, 0.15) is 24.4 Å². The van der Waals surface area contributed by atoms with Crippen molar-refractivity contribution in [1.82, 2.24) is 10.3 Å². The Bertz CT molecular complexity index is 1060. The third-order valence-electron chi connectivity index (χ3n) is 6.28. The van der Waals surface area contributed by atoms with E-state index in [-0.39, 0.29) is 5.91 Å². The molecule has 0 saturated heterocycles. The summed E-state index contributed by atoms with van der Waals surface area (Å²) in [5, 5.41) is 18.2. The van der Waals surface area contributed by atoms with Gasteiger partial charge in [0.05, 0.1) is 5.70 Å². The van der Waals surface area contributed by atoms with Crippen molar-refractivity contribution >= 4 is 23.8 Å². The predicted octanol–water partition coefficient (Wildman–Crippen LogP) is 4.26. The molecule has 7 nitrogen and oxygen atoms in total. The average Bonchev–Trinajstić information content (AvgIpc) is 3.27. The van der Waals surface area contributed by atoms with Crippen molar-refractivity contribution in [2.45, 2.75) is 45.9 Å². The van der Waals surface area contributed by atoms with Crippen molar-refractivity contribution in [2.75, 3.05) is 0 Å². The zero-order valence-electron chi connectivity index (χ0n) is 18.9. The van der Waals surface area contributed by atoms with E-state index in [2.05, 4.69) is 24.3 Å². The maximum Gasteiger partial charge on any atom is 0.316 e. The van der Waals surface area contributed by atoms with Crippen LogP contribution in [-0.4, -0.2) is 34.4 Å². The topological polar surface area (TPSA) is 91.2 Å². The molecule has 0 bridgehead atoms. The van der Waals surface area contributed by atoms with Crippen LogP contribution in [0.25, 0.3) is 5.70 Å². The van der Waals surface area contributed by atoms with Crippen LogP contribution in [0, 0.1) is 11.8 Å². The van der Waals surface area contributed by atoms with E-state index in [0.717, 1.165) is 29.7 Å². The van der Waals surface area contributed by atoms with Gasteiger partial charge in [0.25, 0.3) is 5.91 Å². The van der Waals surface area contributed by atoms with Gasteiger partial charge in [-0.25, -0.2) is 5.01 Å². The number of carboxylic acid groups (broad SMARTS) is 1. The second-order valence-electron chi connectivity index (χ2n) is 8.57. The summed E-state index contributed by atoms with van der Waals surface area (Å²) in [4.78, 5) is 25.0. The molecule has 0 fully saturated rings. The molecular formula is C26H29N3O4. The van der Waals surface area contributed by atoms with E-state index in [1.54, 1.807) is 0 Å².